The molecule has 1 fully saturated rings. The second-order valence-corrected chi connectivity index (χ2v) is 9.13. The van der Waals surface area contributed by atoms with Gasteiger partial charge >= 0.3 is 5.97 Å². The number of carboxylic acids is 1. The number of ether oxygens (including phenoxy) is 3. The van der Waals surface area contributed by atoms with E-state index in [0.717, 1.165) is 47.9 Å². The van der Waals surface area contributed by atoms with Crippen molar-refractivity contribution in [1.29, 1.82) is 0 Å². The number of carboxylic acid groups (broad SMARTS) is 1. The minimum atomic E-state index is -0.765. The Hall–Kier alpha value is -3.02. The van der Waals surface area contributed by atoms with Crippen molar-refractivity contribution in [3.63, 3.8) is 0 Å². The number of Topliss-reactive ketones (excluding diaryl/α,β-unsaturated/α-hetero) is 1. The Balaban J connectivity index is 1.67. The Morgan fingerprint density at radius 1 is 1.03 bits per heavy atom. The fourth-order valence-electron chi connectivity index (χ4n) is 4.92. The standard InChI is InChI=1S/C26H30O6/c1-16(13-23(28)29)14-26(11-12-26)15-32-24-20(8-10-22(30-2)25(24)31-3)17-5-4-6-19-18(17)7-9-21(19)27/h4-6,8,10,16H,7,9,11-15H2,1-3H3,(H,28,29). The van der Waals surface area contributed by atoms with E-state index >= 15 is 0 Å². The fourth-order valence-corrected chi connectivity index (χ4v) is 4.92. The summed E-state index contributed by atoms with van der Waals surface area (Å²) < 4.78 is 17.6. The zero-order valence-corrected chi connectivity index (χ0v) is 18.9. The van der Waals surface area contributed by atoms with Crippen LogP contribution in [0.1, 0.15) is 54.9 Å². The molecule has 0 spiro atoms. The van der Waals surface area contributed by atoms with Gasteiger partial charge in [-0.25, -0.2) is 0 Å². The normalized spacial score (nSPS) is 16.9. The molecule has 0 aromatic heterocycles. The van der Waals surface area contributed by atoms with Gasteiger partial charge < -0.3 is 19.3 Å². The molecule has 2 aromatic carbocycles. The van der Waals surface area contributed by atoms with Crippen LogP contribution in [0, 0.1) is 11.3 Å². The third kappa shape index (κ3) is 4.31. The molecule has 6 heteroatoms. The van der Waals surface area contributed by atoms with Crippen molar-refractivity contribution in [2.75, 3.05) is 20.8 Å². The van der Waals surface area contributed by atoms with Crippen LogP contribution in [-0.4, -0.2) is 37.7 Å². The number of methoxy groups -OCH3 is 2. The van der Waals surface area contributed by atoms with Crippen LogP contribution < -0.4 is 14.2 Å². The van der Waals surface area contributed by atoms with E-state index in [-0.39, 0.29) is 23.5 Å². The third-order valence-corrected chi connectivity index (χ3v) is 6.65. The van der Waals surface area contributed by atoms with Crippen LogP contribution in [0.4, 0.5) is 0 Å². The van der Waals surface area contributed by atoms with Crippen molar-refractivity contribution in [2.24, 2.45) is 11.3 Å². The Morgan fingerprint density at radius 3 is 2.44 bits per heavy atom. The predicted molar refractivity (Wildman–Crippen MR) is 121 cm³/mol. The first-order valence-electron chi connectivity index (χ1n) is 11.1. The maximum absolute atomic E-state index is 12.3. The SMILES string of the molecule is COc1ccc(-c2cccc3c2CCC3=O)c(OCC2(CC(C)CC(=O)O)CC2)c1OC. The summed E-state index contributed by atoms with van der Waals surface area (Å²) in [5, 5.41) is 9.11. The molecule has 1 unspecified atom stereocenters. The second kappa shape index (κ2) is 8.85. The first-order valence-corrected chi connectivity index (χ1v) is 11.1. The van der Waals surface area contributed by atoms with E-state index in [9.17, 15) is 9.59 Å². The first kappa shape index (κ1) is 22.2. The zero-order chi connectivity index (χ0) is 22.9. The molecule has 0 radical (unpaired) electrons. The lowest BCUT2D eigenvalue weighted by molar-refractivity contribution is -0.138. The van der Waals surface area contributed by atoms with Gasteiger partial charge in [-0.3, -0.25) is 9.59 Å². The van der Waals surface area contributed by atoms with Crippen LogP contribution in [0.5, 0.6) is 17.2 Å². The number of ketones is 1. The highest BCUT2D eigenvalue weighted by Gasteiger charge is 2.45. The molecule has 1 atom stereocenters. The number of hydrogen-bond donors (Lipinski definition) is 1. The maximum Gasteiger partial charge on any atom is 0.303 e. The lowest BCUT2D eigenvalue weighted by Gasteiger charge is -2.23. The Morgan fingerprint density at radius 2 is 1.78 bits per heavy atom. The van der Waals surface area contributed by atoms with Crippen molar-refractivity contribution < 1.29 is 28.9 Å². The zero-order valence-electron chi connectivity index (χ0n) is 18.9. The summed E-state index contributed by atoms with van der Waals surface area (Å²) >= 11 is 0. The second-order valence-electron chi connectivity index (χ2n) is 9.13. The Bertz CT molecular complexity index is 1040. The Kier molecular flexibility index (Phi) is 6.13. The molecule has 1 N–H and O–H groups in total. The van der Waals surface area contributed by atoms with Crippen LogP contribution in [0.25, 0.3) is 11.1 Å². The molecule has 0 bridgehead atoms. The molecule has 2 aliphatic carbocycles. The van der Waals surface area contributed by atoms with Crippen molar-refractivity contribution >= 4 is 11.8 Å². The van der Waals surface area contributed by atoms with E-state index in [1.165, 1.54) is 0 Å². The van der Waals surface area contributed by atoms with E-state index in [0.29, 0.717) is 30.3 Å². The topological polar surface area (TPSA) is 82.1 Å². The quantitative estimate of drug-likeness (QED) is 0.552. The molecular formula is C26H30O6. The van der Waals surface area contributed by atoms with Gasteiger partial charge in [0.2, 0.25) is 5.75 Å². The molecule has 4 rings (SSSR count). The summed E-state index contributed by atoms with van der Waals surface area (Å²) in [6, 6.07) is 9.64. The van der Waals surface area contributed by atoms with E-state index in [2.05, 4.69) is 0 Å². The van der Waals surface area contributed by atoms with E-state index in [4.69, 9.17) is 19.3 Å². The average Bonchev–Trinajstić information content (AvgIpc) is 3.42. The number of aliphatic carboxylic acids is 1. The summed E-state index contributed by atoms with van der Waals surface area (Å²) in [5.74, 6) is 1.22. The Labute approximate surface area is 188 Å². The van der Waals surface area contributed by atoms with E-state index in [1.807, 2.05) is 37.3 Å². The summed E-state index contributed by atoms with van der Waals surface area (Å²) in [6.45, 7) is 2.47. The predicted octanol–water partition coefficient (Wildman–Crippen LogP) is 5.16. The summed E-state index contributed by atoms with van der Waals surface area (Å²) in [6.07, 6.45) is 4.27. The van der Waals surface area contributed by atoms with Gasteiger partial charge in [-0.15, -0.1) is 0 Å². The third-order valence-electron chi connectivity index (χ3n) is 6.65. The van der Waals surface area contributed by atoms with Gasteiger partial charge in [0.05, 0.1) is 20.8 Å². The lowest BCUT2D eigenvalue weighted by atomic mass is 9.91. The minimum absolute atomic E-state index is 0.00513. The number of rotatable bonds is 10. The summed E-state index contributed by atoms with van der Waals surface area (Å²) in [4.78, 5) is 23.4. The monoisotopic (exact) mass is 438 g/mol. The number of carbonyl (C=O) groups is 2. The molecule has 32 heavy (non-hydrogen) atoms. The molecule has 170 valence electrons. The highest BCUT2D eigenvalue weighted by atomic mass is 16.5. The van der Waals surface area contributed by atoms with Gasteiger partial charge in [0.1, 0.15) is 0 Å². The lowest BCUT2D eigenvalue weighted by Crippen LogP contribution is -2.18. The molecule has 2 aromatic rings. The highest BCUT2D eigenvalue weighted by Crippen LogP contribution is 2.53. The maximum atomic E-state index is 12.3. The molecule has 0 heterocycles. The van der Waals surface area contributed by atoms with Gasteiger partial charge in [0, 0.05) is 29.4 Å². The molecule has 0 amide bonds. The van der Waals surface area contributed by atoms with E-state index in [1.54, 1.807) is 14.2 Å². The van der Waals surface area contributed by atoms with Crippen LogP contribution >= 0.6 is 0 Å². The molecule has 6 nitrogen and oxygen atoms in total. The molecule has 2 aliphatic rings. The molecule has 0 aliphatic heterocycles. The van der Waals surface area contributed by atoms with Gasteiger partial charge in [0.25, 0.3) is 0 Å². The summed E-state index contributed by atoms with van der Waals surface area (Å²) in [7, 11) is 3.19. The van der Waals surface area contributed by atoms with Gasteiger partial charge in [-0.1, -0.05) is 25.1 Å². The number of fused-ring (bicyclic) bond motifs is 1. The smallest absolute Gasteiger partial charge is 0.303 e. The highest BCUT2D eigenvalue weighted by molar-refractivity contribution is 6.02. The fraction of sp³-hybridized carbons (Fsp3) is 0.462. The van der Waals surface area contributed by atoms with Crippen LogP contribution in [0.2, 0.25) is 0 Å². The van der Waals surface area contributed by atoms with Crippen LogP contribution in [0.15, 0.2) is 30.3 Å². The molecular weight excluding hydrogens is 408 g/mol. The van der Waals surface area contributed by atoms with Gasteiger partial charge in [0.15, 0.2) is 17.3 Å². The van der Waals surface area contributed by atoms with Crippen molar-refractivity contribution in [3.8, 4) is 28.4 Å². The van der Waals surface area contributed by atoms with E-state index < -0.39 is 5.97 Å². The average molecular weight is 439 g/mol. The number of benzene rings is 2. The van der Waals surface area contributed by atoms with Crippen LogP contribution in [-0.2, 0) is 11.2 Å². The van der Waals surface area contributed by atoms with Crippen LogP contribution in [0.3, 0.4) is 0 Å². The summed E-state index contributed by atoms with van der Waals surface area (Å²) in [5.41, 5.74) is 3.68. The number of hydrogen-bond acceptors (Lipinski definition) is 5. The largest absolute Gasteiger partial charge is 0.493 e. The van der Waals surface area contributed by atoms with Gasteiger partial charge in [-0.2, -0.15) is 0 Å². The van der Waals surface area contributed by atoms with Crippen molar-refractivity contribution in [1.82, 2.24) is 0 Å². The minimum Gasteiger partial charge on any atom is -0.493 e. The van der Waals surface area contributed by atoms with Crippen molar-refractivity contribution in [3.05, 3.63) is 41.5 Å². The van der Waals surface area contributed by atoms with Crippen molar-refractivity contribution in [2.45, 2.75) is 45.4 Å². The first-order chi connectivity index (χ1) is 15.4. The molecule has 0 saturated heterocycles. The molecule has 1 saturated carbocycles. The van der Waals surface area contributed by atoms with Gasteiger partial charge in [-0.05, 0) is 54.9 Å². The number of carbonyl (C=O) groups excluding carboxylic acids is 1.